The molecule has 0 saturated heterocycles. The Morgan fingerprint density at radius 1 is 0.941 bits per heavy atom. The van der Waals surface area contributed by atoms with Gasteiger partial charge in [0.05, 0.1) is 6.61 Å². The summed E-state index contributed by atoms with van der Waals surface area (Å²) in [4.78, 5) is 26.3. The van der Waals surface area contributed by atoms with Crippen molar-refractivity contribution >= 4 is 29.6 Å². The van der Waals surface area contributed by atoms with Crippen LogP contribution in [0.3, 0.4) is 0 Å². The number of esters is 1. The molecule has 0 aromatic heterocycles. The molecule has 184 valence electrons. The van der Waals surface area contributed by atoms with E-state index in [0.717, 1.165) is 23.1 Å². The quantitative estimate of drug-likeness (QED) is 0.161. The fourth-order valence-electron chi connectivity index (χ4n) is 3.75. The molecule has 2 aromatic rings. The molecular formula is C29H38ClNO3. The minimum absolute atomic E-state index is 0.173. The van der Waals surface area contributed by atoms with Gasteiger partial charge in [-0.25, -0.2) is 4.79 Å². The number of hydrogen-bond donors (Lipinski definition) is 0. The number of benzene rings is 2. The number of carbonyl (C=O) groups excluding carboxylic acids is 2. The van der Waals surface area contributed by atoms with Gasteiger partial charge >= 0.3 is 11.9 Å². The minimum Gasteiger partial charge on any atom is -0.459 e. The van der Waals surface area contributed by atoms with Crippen LogP contribution in [-0.2, 0) is 27.3 Å². The van der Waals surface area contributed by atoms with Crippen LogP contribution in [0, 0.1) is 0 Å². The predicted molar refractivity (Wildman–Crippen MR) is 141 cm³/mol. The molecule has 0 spiro atoms. The summed E-state index contributed by atoms with van der Waals surface area (Å²) in [6.07, 6.45) is 13.9. The van der Waals surface area contributed by atoms with Crippen LogP contribution in [0.15, 0.2) is 54.6 Å². The molecule has 0 N–H and O–H groups in total. The third-order valence-electron chi connectivity index (χ3n) is 5.68. The molecule has 2 aromatic carbocycles. The van der Waals surface area contributed by atoms with Gasteiger partial charge in [0.2, 0.25) is 0 Å². The van der Waals surface area contributed by atoms with Gasteiger partial charge in [-0.2, -0.15) is 0 Å². The van der Waals surface area contributed by atoms with Crippen LogP contribution in [0.5, 0.6) is 0 Å². The van der Waals surface area contributed by atoms with Crippen LogP contribution in [0.1, 0.15) is 75.5 Å². The minimum atomic E-state index is -0.817. The zero-order chi connectivity index (χ0) is 24.6. The molecule has 0 saturated carbocycles. The van der Waals surface area contributed by atoms with Gasteiger partial charge in [0.1, 0.15) is 0 Å². The van der Waals surface area contributed by atoms with Crippen molar-refractivity contribution in [2.45, 2.75) is 71.8 Å². The molecule has 4 nitrogen and oxygen atoms in total. The number of hydrogen-bond acceptors (Lipinski definition) is 3. The lowest BCUT2D eigenvalue weighted by Crippen LogP contribution is -2.38. The Labute approximate surface area is 210 Å². The van der Waals surface area contributed by atoms with Gasteiger partial charge in [0.25, 0.3) is 0 Å². The number of nitrogens with zero attached hydrogens (tertiary/aromatic N) is 1. The van der Waals surface area contributed by atoms with Crippen molar-refractivity contribution in [2.24, 2.45) is 0 Å². The lowest BCUT2D eigenvalue weighted by molar-refractivity contribution is -0.160. The SMILES string of the molecule is CCCCCCCC/C=C\c1ccc(CN(CCc2cccc(Cl)c2)C(=O)C(=O)OCC)cc1. The second-order valence-electron chi connectivity index (χ2n) is 8.53. The molecular weight excluding hydrogens is 446 g/mol. The van der Waals surface area contributed by atoms with Gasteiger partial charge in [0.15, 0.2) is 0 Å². The average molecular weight is 484 g/mol. The first-order valence-electron chi connectivity index (χ1n) is 12.5. The maximum Gasteiger partial charge on any atom is 0.397 e. The molecule has 5 heteroatoms. The largest absolute Gasteiger partial charge is 0.459 e. The predicted octanol–water partition coefficient (Wildman–Crippen LogP) is 7.24. The summed E-state index contributed by atoms with van der Waals surface area (Å²) in [7, 11) is 0. The van der Waals surface area contributed by atoms with Crippen LogP contribution in [-0.4, -0.2) is 29.9 Å². The summed E-state index contributed by atoms with van der Waals surface area (Å²) < 4.78 is 4.94. The number of halogens is 1. The third-order valence-corrected chi connectivity index (χ3v) is 5.92. The molecule has 1 amide bonds. The molecule has 0 aliphatic carbocycles. The van der Waals surface area contributed by atoms with Crippen LogP contribution >= 0.6 is 11.6 Å². The van der Waals surface area contributed by atoms with E-state index in [-0.39, 0.29) is 6.61 Å². The van der Waals surface area contributed by atoms with Gasteiger partial charge in [-0.3, -0.25) is 4.79 Å². The fourth-order valence-corrected chi connectivity index (χ4v) is 3.96. The summed E-state index contributed by atoms with van der Waals surface area (Å²) in [6.45, 7) is 4.86. The van der Waals surface area contributed by atoms with Gasteiger partial charge in [-0.05, 0) is 55.0 Å². The number of rotatable bonds is 14. The molecule has 0 atom stereocenters. The van der Waals surface area contributed by atoms with Gasteiger partial charge in [0, 0.05) is 18.1 Å². The number of allylic oxidation sites excluding steroid dienone is 1. The average Bonchev–Trinajstić information content (AvgIpc) is 2.84. The van der Waals surface area contributed by atoms with Crippen LogP contribution in [0.4, 0.5) is 0 Å². The van der Waals surface area contributed by atoms with E-state index in [9.17, 15) is 9.59 Å². The second kappa shape index (κ2) is 16.1. The van der Waals surface area contributed by atoms with E-state index < -0.39 is 11.9 Å². The first-order valence-corrected chi connectivity index (χ1v) is 12.9. The molecule has 0 bridgehead atoms. The maximum atomic E-state index is 12.7. The van der Waals surface area contributed by atoms with Gasteiger partial charge < -0.3 is 9.64 Å². The smallest absolute Gasteiger partial charge is 0.397 e. The van der Waals surface area contributed by atoms with E-state index in [0.29, 0.717) is 24.5 Å². The van der Waals surface area contributed by atoms with Gasteiger partial charge in [-0.15, -0.1) is 0 Å². The Morgan fingerprint density at radius 3 is 2.38 bits per heavy atom. The molecule has 0 aliphatic rings. The van der Waals surface area contributed by atoms with Crippen molar-refractivity contribution in [1.82, 2.24) is 4.90 Å². The normalized spacial score (nSPS) is 11.0. The van der Waals surface area contributed by atoms with E-state index in [1.165, 1.54) is 38.5 Å². The standard InChI is InChI=1S/C29H38ClNO3/c1-3-5-6-7-8-9-10-11-13-24-16-18-26(19-17-24)23-31(28(32)29(33)34-4-2)21-20-25-14-12-15-27(30)22-25/h11-19,22H,3-10,20-21,23H2,1-2H3/b13-11-. The van der Waals surface area contributed by atoms with Crippen molar-refractivity contribution in [3.63, 3.8) is 0 Å². The van der Waals surface area contributed by atoms with Crippen molar-refractivity contribution < 1.29 is 14.3 Å². The second-order valence-corrected chi connectivity index (χ2v) is 8.96. The summed E-state index contributed by atoms with van der Waals surface area (Å²) >= 11 is 6.08. The first kappa shape index (κ1) is 27.7. The maximum absolute atomic E-state index is 12.7. The first-order chi connectivity index (χ1) is 16.5. The van der Waals surface area contributed by atoms with E-state index >= 15 is 0 Å². The number of ether oxygens (including phenoxy) is 1. The van der Waals surface area contributed by atoms with E-state index in [1.807, 2.05) is 36.4 Å². The van der Waals surface area contributed by atoms with Crippen LogP contribution < -0.4 is 0 Å². The monoisotopic (exact) mass is 483 g/mol. The zero-order valence-electron chi connectivity index (χ0n) is 20.6. The Bertz CT molecular complexity index is 908. The third kappa shape index (κ3) is 10.6. The highest BCUT2D eigenvalue weighted by Crippen LogP contribution is 2.15. The summed E-state index contributed by atoms with van der Waals surface area (Å²) in [5.74, 6) is -1.44. The van der Waals surface area contributed by atoms with Crippen molar-refractivity contribution in [2.75, 3.05) is 13.2 Å². The molecule has 0 fully saturated rings. The molecule has 0 radical (unpaired) electrons. The Morgan fingerprint density at radius 2 is 1.68 bits per heavy atom. The topological polar surface area (TPSA) is 46.6 Å². The Hall–Kier alpha value is -2.59. The van der Waals surface area contributed by atoms with Crippen molar-refractivity contribution in [1.29, 1.82) is 0 Å². The fraction of sp³-hybridized carbons (Fsp3) is 0.448. The highest BCUT2D eigenvalue weighted by molar-refractivity contribution is 6.32. The number of unbranched alkanes of at least 4 members (excludes halogenated alkanes) is 6. The van der Waals surface area contributed by atoms with Crippen LogP contribution in [0.25, 0.3) is 6.08 Å². The lowest BCUT2D eigenvalue weighted by atomic mass is 10.1. The highest BCUT2D eigenvalue weighted by Gasteiger charge is 2.23. The van der Waals surface area contributed by atoms with E-state index in [4.69, 9.17) is 16.3 Å². The number of amides is 1. The van der Waals surface area contributed by atoms with Crippen molar-refractivity contribution in [3.05, 3.63) is 76.3 Å². The Balaban J connectivity index is 1.92. The number of carbonyl (C=O) groups is 2. The summed E-state index contributed by atoms with van der Waals surface area (Å²) in [5.41, 5.74) is 3.12. The molecule has 0 heterocycles. The molecule has 34 heavy (non-hydrogen) atoms. The molecule has 0 unspecified atom stereocenters. The van der Waals surface area contributed by atoms with Gasteiger partial charge in [-0.1, -0.05) is 99.2 Å². The molecule has 2 rings (SSSR count). The summed E-state index contributed by atoms with van der Waals surface area (Å²) in [5, 5.41) is 0.654. The highest BCUT2D eigenvalue weighted by atomic mass is 35.5. The lowest BCUT2D eigenvalue weighted by Gasteiger charge is -2.22. The zero-order valence-corrected chi connectivity index (χ0v) is 21.4. The Kier molecular flexibility index (Phi) is 13.1. The summed E-state index contributed by atoms with van der Waals surface area (Å²) in [6, 6.07) is 15.7. The molecule has 0 aliphatic heterocycles. The van der Waals surface area contributed by atoms with Crippen LogP contribution in [0.2, 0.25) is 5.02 Å². The van der Waals surface area contributed by atoms with E-state index in [2.05, 4.69) is 31.2 Å². The van der Waals surface area contributed by atoms with Crippen molar-refractivity contribution in [3.8, 4) is 0 Å². The van der Waals surface area contributed by atoms with E-state index in [1.54, 1.807) is 11.8 Å².